The molecular weight excluding hydrogens is 206 g/mol. The topological polar surface area (TPSA) is 69.6 Å². The molecule has 0 aromatic heterocycles. The van der Waals surface area contributed by atoms with Crippen LogP contribution >= 0.6 is 0 Å². The van der Waals surface area contributed by atoms with E-state index in [0.29, 0.717) is 13.0 Å². The molecule has 1 aliphatic rings. The summed E-state index contributed by atoms with van der Waals surface area (Å²) in [5, 5.41) is 21.8. The molecule has 0 heterocycles. The molecule has 3 atom stereocenters. The van der Waals surface area contributed by atoms with Gasteiger partial charge in [0.25, 0.3) is 0 Å². The Kier molecular flexibility index (Phi) is 5.77. The van der Waals surface area contributed by atoms with Crippen LogP contribution in [0.1, 0.15) is 45.4 Å². The number of nitrogens with one attached hydrogen (secondary N) is 1. The van der Waals surface area contributed by atoms with Crippen molar-refractivity contribution in [3.63, 3.8) is 0 Å². The van der Waals surface area contributed by atoms with Crippen molar-refractivity contribution < 1.29 is 15.0 Å². The maximum Gasteiger partial charge on any atom is 0.320 e. The van der Waals surface area contributed by atoms with Crippen LogP contribution in [0.3, 0.4) is 0 Å². The van der Waals surface area contributed by atoms with Gasteiger partial charge in [0.2, 0.25) is 0 Å². The van der Waals surface area contributed by atoms with Gasteiger partial charge in [0.05, 0.1) is 6.10 Å². The van der Waals surface area contributed by atoms with Crippen LogP contribution < -0.4 is 5.32 Å². The van der Waals surface area contributed by atoms with Gasteiger partial charge in [-0.3, -0.25) is 4.79 Å². The van der Waals surface area contributed by atoms with Gasteiger partial charge in [-0.15, -0.1) is 0 Å². The first-order chi connectivity index (χ1) is 7.65. The molecule has 0 saturated heterocycles. The zero-order valence-electron chi connectivity index (χ0n) is 9.98. The Bertz CT molecular complexity index is 220. The van der Waals surface area contributed by atoms with Gasteiger partial charge < -0.3 is 15.5 Å². The Morgan fingerprint density at radius 2 is 2.12 bits per heavy atom. The summed E-state index contributed by atoms with van der Waals surface area (Å²) < 4.78 is 0. The predicted octanol–water partition coefficient (Wildman–Crippen LogP) is 1.38. The van der Waals surface area contributed by atoms with E-state index >= 15 is 0 Å². The SMILES string of the molecule is CCCC(NCC1CCCCC1O)C(=O)O. The zero-order chi connectivity index (χ0) is 12.0. The van der Waals surface area contributed by atoms with Gasteiger partial charge in [0.15, 0.2) is 0 Å². The molecule has 16 heavy (non-hydrogen) atoms. The van der Waals surface area contributed by atoms with Crippen molar-refractivity contribution in [3.05, 3.63) is 0 Å². The number of hydrogen-bond acceptors (Lipinski definition) is 3. The van der Waals surface area contributed by atoms with Crippen LogP contribution in [0.25, 0.3) is 0 Å². The fourth-order valence-corrected chi connectivity index (χ4v) is 2.32. The summed E-state index contributed by atoms with van der Waals surface area (Å²) in [6.45, 7) is 2.60. The number of carbonyl (C=O) groups is 1. The van der Waals surface area contributed by atoms with Gasteiger partial charge in [-0.25, -0.2) is 0 Å². The third kappa shape index (κ3) is 4.10. The summed E-state index contributed by atoms with van der Waals surface area (Å²) in [5.74, 6) is -0.556. The van der Waals surface area contributed by atoms with Gasteiger partial charge in [0, 0.05) is 6.54 Å². The van der Waals surface area contributed by atoms with Crippen molar-refractivity contribution >= 4 is 5.97 Å². The van der Waals surface area contributed by atoms with E-state index in [1.165, 1.54) is 0 Å². The Labute approximate surface area is 97.0 Å². The second kappa shape index (κ2) is 6.86. The molecule has 4 nitrogen and oxygen atoms in total. The highest BCUT2D eigenvalue weighted by molar-refractivity contribution is 5.73. The average molecular weight is 229 g/mol. The summed E-state index contributed by atoms with van der Waals surface area (Å²) in [7, 11) is 0. The van der Waals surface area contributed by atoms with E-state index in [0.717, 1.165) is 32.1 Å². The number of aliphatic hydroxyl groups excluding tert-OH is 1. The van der Waals surface area contributed by atoms with Crippen LogP contribution in [0.5, 0.6) is 0 Å². The lowest BCUT2D eigenvalue weighted by Gasteiger charge is -2.28. The molecule has 1 fully saturated rings. The summed E-state index contributed by atoms with van der Waals surface area (Å²) in [6, 6.07) is -0.459. The molecule has 3 unspecified atom stereocenters. The molecular formula is C12H23NO3. The summed E-state index contributed by atoms with van der Waals surface area (Å²) >= 11 is 0. The Hall–Kier alpha value is -0.610. The minimum Gasteiger partial charge on any atom is -0.480 e. The van der Waals surface area contributed by atoms with E-state index in [2.05, 4.69) is 5.32 Å². The molecule has 1 saturated carbocycles. The molecule has 0 bridgehead atoms. The van der Waals surface area contributed by atoms with Crippen molar-refractivity contribution in [1.29, 1.82) is 0 Å². The lowest BCUT2D eigenvalue weighted by molar-refractivity contribution is -0.139. The molecule has 0 amide bonds. The highest BCUT2D eigenvalue weighted by Crippen LogP contribution is 2.23. The molecule has 1 aliphatic carbocycles. The minimum absolute atomic E-state index is 0.229. The van der Waals surface area contributed by atoms with Crippen LogP contribution in [0, 0.1) is 5.92 Å². The van der Waals surface area contributed by atoms with Crippen LogP contribution in [-0.4, -0.2) is 34.9 Å². The average Bonchev–Trinajstić information content (AvgIpc) is 2.26. The number of aliphatic carboxylic acids is 1. The van der Waals surface area contributed by atoms with Crippen molar-refractivity contribution in [2.45, 2.75) is 57.6 Å². The predicted molar refractivity (Wildman–Crippen MR) is 62.3 cm³/mol. The Morgan fingerprint density at radius 1 is 1.44 bits per heavy atom. The summed E-state index contributed by atoms with van der Waals surface area (Å²) in [6.07, 6.45) is 5.36. The monoisotopic (exact) mass is 229 g/mol. The summed E-state index contributed by atoms with van der Waals surface area (Å²) in [5.41, 5.74) is 0. The highest BCUT2D eigenvalue weighted by atomic mass is 16.4. The first-order valence-electron chi connectivity index (χ1n) is 6.29. The Balaban J connectivity index is 2.32. The second-order valence-corrected chi connectivity index (χ2v) is 4.70. The molecule has 4 heteroatoms. The van der Waals surface area contributed by atoms with Crippen LogP contribution in [-0.2, 0) is 4.79 Å². The maximum absolute atomic E-state index is 10.9. The van der Waals surface area contributed by atoms with E-state index in [9.17, 15) is 9.90 Å². The molecule has 0 radical (unpaired) electrons. The molecule has 94 valence electrons. The van der Waals surface area contributed by atoms with E-state index in [4.69, 9.17) is 5.11 Å². The van der Waals surface area contributed by atoms with E-state index in [1.807, 2.05) is 6.92 Å². The highest BCUT2D eigenvalue weighted by Gasteiger charge is 2.24. The molecule has 3 N–H and O–H groups in total. The normalized spacial score (nSPS) is 27.6. The van der Waals surface area contributed by atoms with Gasteiger partial charge in [-0.05, 0) is 25.2 Å². The number of hydrogen-bond donors (Lipinski definition) is 3. The third-order valence-corrected chi connectivity index (χ3v) is 3.37. The third-order valence-electron chi connectivity index (χ3n) is 3.37. The fourth-order valence-electron chi connectivity index (χ4n) is 2.32. The van der Waals surface area contributed by atoms with Crippen molar-refractivity contribution in [3.8, 4) is 0 Å². The fraction of sp³-hybridized carbons (Fsp3) is 0.917. The van der Waals surface area contributed by atoms with Gasteiger partial charge in [-0.2, -0.15) is 0 Å². The van der Waals surface area contributed by atoms with Gasteiger partial charge in [-0.1, -0.05) is 26.2 Å². The molecule has 0 spiro atoms. The molecule has 1 rings (SSSR count). The van der Waals surface area contributed by atoms with E-state index in [-0.39, 0.29) is 12.0 Å². The van der Waals surface area contributed by atoms with Gasteiger partial charge in [0.1, 0.15) is 6.04 Å². The largest absolute Gasteiger partial charge is 0.480 e. The van der Waals surface area contributed by atoms with E-state index in [1.54, 1.807) is 0 Å². The van der Waals surface area contributed by atoms with E-state index < -0.39 is 12.0 Å². The van der Waals surface area contributed by atoms with Crippen molar-refractivity contribution in [1.82, 2.24) is 5.32 Å². The summed E-state index contributed by atoms with van der Waals surface area (Å²) in [4.78, 5) is 10.9. The van der Waals surface area contributed by atoms with Crippen molar-refractivity contribution in [2.75, 3.05) is 6.54 Å². The number of rotatable bonds is 6. The minimum atomic E-state index is -0.785. The quantitative estimate of drug-likeness (QED) is 0.643. The zero-order valence-corrected chi connectivity index (χ0v) is 9.98. The number of carboxylic acid groups (broad SMARTS) is 1. The first kappa shape index (κ1) is 13.5. The van der Waals surface area contributed by atoms with Crippen LogP contribution in [0.2, 0.25) is 0 Å². The standard InChI is InChI=1S/C12H23NO3/c1-2-5-10(12(15)16)13-8-9-6-3-4-7-11(9)14/h9-11,13-14H,2-8H2,1H3,(H,15,16). The lowest BCUT2D eigenvalue weighted by Crippen LogP contribution is -2.42. The molecule has 0 aromatic rings. The van der Waals surface area contributed by atoms with Gasteiger partial charge >= 0.3 is 5.97 Å². The van der Waals surface area contributed by atoms with Crippen LogP contribution in [0.4, 0.5) is 0 Å². The number of carboxylic acids is 1. The van der Waals surface area contributed by atoms with Crippen LogP contribution in [0.15, 0.2) is 0 Å². The number of aliphatic hydroxyl groups is 1. The van der Waals surface area contributed by atoms with Crippen molar-refractivity contribution in [2.24, 2.45) is 5.92 Å². The Morgan fingerprint density at radius 3 is 2.69 bits per heavy atom. The maximum atomic E-state index is 10.9. The smallest absolute Gasteiger partial charge is 0.320 e. The first-order valence-corrected chi connectivity index (χ1v) is 6.29. The lowest BCUT2D eigenvalue weighted by atomic mass is 9.86. The molecule has 0 aromatic carbocycles. The second-order valence-electron chi connectivity index (χ2n) is 4.70. The molecule has 0 aliphatic heterocycles.